The molecule has 0 saturated carbocycles. The molecular weight excluding hydrogens is 406 g/mol. The molecule has 1 aromatic carbocycles. The Balaban J connectivity index is 1.92. The summed E-state index contributed by atoms with van der Waals surface area (Å²) in [6.07, 6.45) is -2.84. The van der Waals surface area contributed by atoms with E-state index in [2.05, 4.69) is 4.90 Å². The van der Waals surface area contributed by atoms with Crippen molar-refractivity contribution in [2.24, 2.45) is 7.05 Å². The molecular formula is C22H26F2N4O3. The highest BCUT2D eigenvalue weighted by atomic mass is 19.3. The number of aryl methyl sites for hydroxylation is 1. The fraction of sp³-hybridized carbons (Fsp3) is 0.455. The van der Waals surface area contributed by atoms with Crippen LogP contribution in [0.4, 0.5) is 8.78 Å². The number of hydrogen-bond donors (Lipinski definition) is 1. The molecule has 3 aromatic rings. The Morgan fingerprint density at radius 2 is 1.94 bits per heavy atom. The lowest BCUT2D eigenvalue weighted by Gasteiger charge is -2.26. The molecule has 1 saturated heterocycles. The van der Waals surface area contributed by atoms with Crippen molar-refractivity contribution in [1.82, 2.24) is 19.0 Å². The summed E-state index contributed by atoms with van der Waals surface area (Å²) >= 11 is 0. The summed E-state index contributed by atoms with van der Waals surface area (Å²) in [4.78, 5) is 19.6. The maximum absolute atomic E-state index is 13.7. The predicted octanol–water partition coefficient (Wildman–Crippen LogP) is 2.72. The number of imidazole rings is 1. The molecule has 4 rings (SSSR count). The first-order chi connectivity index (χ1) is 14.7. The maximum Gasteiger partial charge on any atom is 0.278 e. The van der Waals surface area contributed by atoms with E-state index >= 15 is 0 Å². The number of pyridine rings is 1. The number of aliphatic hydroxyl groups is 1. The minimum atomic E-state index is -2.84. The molecule has 3 heterocycles. The maximum atomic E-state index is 13.7. The Hall–Kier alpha value is -2.62. The topological polar surface area (TPSA) is 72.5 Å². The molecule has 0 unspecified atom stereocenters. The average Bonchev–Trinajstić information content (AvgIpc) is 3.02. The lowest BCUT2D eigenvalue weighted by atomic mass is 9.95. The molecule has 2 aromatic heterocycles. The van der Waals surface area contributed by atoms with E-state index in [9.17, 15) is 18.7 Å². The third-order valence-corrected chi connectivity index (χ3v) is 5.67. The molecule has 7 nitrogen and oxygen atoms in total. The van der Waals surface area contributed by atoms with Gasteiger partial charge in [0.2, 0.25) is 0 Å². The number of alkyl halides is 2. The van der Waals surface area contributed by atoms with Gasteiger partial charge in [0, 0.05) is 31.8 Å². The van der Waals surface area contributed by atoms with Crippen molar-refractivity contribution in [1.29, 1.82) is 0 Å². The highest BCUT2D eigenvalue weighted by Gasteiger charge is 2.27. The van der Waals surface area contributed by atoms with E-state index in [0.717, 1.165) is 23.5 Å². The minimum absolute atomic E-state index is 0.224. The van der Waals surface area contributed by atoms with Crippen LogP contribution in [0.3, 0.4) is 0 Å². The first-order valence-electron chi connectivity index (χ1n) is 10.2. The van der Waals surface area contributed by atoms with Crippen LogP contribution in [0.25, 0.3) is 16.7 Å². The van der Waals surface area contributed by atoms with Crippen LogP contribution in [0.5, 0.6) is 0 Å². The monoisotopic (exact) mass is 432 g/mol. The van der Waals surface area contributed by atoms with E-state index in [1.807, 2.05) is 11.6 Å². The Bertz CT molecular complexity index is 1160. The highest BCUT2D eigenvalue weighted by molar-refractivity contribution is 5.81. The molecule has 1 N–H and O–H groups in total. The number of morpholine rings is 1. The van der Waals surface area contributed by atoms with Gasteiger partial charge in [0.15, 0.2) is 0 Å². The van der Waals surface area contributed by atoms with Crippen LogP contribution in [-0.4, -0.2) is 50.4 Å². The van der Waals surface area contributed by atoms with Crippen LogP contribution in [0, 0.1) is 0 Å². The van der Waals surface area contributed by atoms with Gasteiger partial charge in [0.25, 0.3) is 12.0 Å². The van der Waals surface area contributed by atoms with Crippen LogP contribution < -0.4 is 5.56 Å². The first-order valence-corrected chi connectivity index (χ1v) is 10.2. The summed E-state index contributed by atoms with van der Waals surface area (Å²) in [7, 11) is 1.86. The zero-order chi connectivity index (χ0) is 22.3. The van der Waals surface area contributed by atoms with Crippen molar-refractivity contribution in [3.63, 3.8) is 0 Å². The molecule has 0 amide bonds. The van der Waals surface area contributed by atoms with Gasteiger partial charge in [-0.2, -0.15) is 0 Å². The Morgan fingerprint density at radius 1 is 1.23 bits per heavy atom. The van der Waals surface area contributed by atoms with Crippen LogP contribution in [0.1, 0.15) is 37.4 Å². The predicted molar refractivity (Wildman–Crippen MR) is 113 cm³/mol. The second-order valence-electron chi connectivity index (χ2n) is 8.32. The Kier molecular flexibility index (Phi) is 5.67. The lowest BCUT2D eigenvalue weighted by molar-refractivity contribution is 0.0328. The molecule has 1 fully saturated rings. The summed E-state index contributed by atoms with van der Waals surface area (Å²) in [6.45, 7) is 6.70. The summed E-state index contributed by atoms with van der Waals surface area (Å²) in [5.74, 6) is 0.810. The first kappa shape index (κ1) is 21.6. The minimum Gasteiger partial charge on any atom is -0.386 e. The van der Waals surface area contributed by atoms with Gasteiger partial charge >= 0.3 is 0 Å². The van der Waals surface area contributed by atoms with Crippen molar-refractivity contribution in [2.75, 3.05) is 26.3 Å². The van der Waals surface area contributed by atoms with E-state index in [-0.39, 0.29) is 5.69 Å². The molecule has 0 aliphatic carbocycles. The van der Waals surface area contributed by atoms with Crippen LogP contribution in [0.2, 0.25) is 0 Å². The summed E-state index contributed by atoms with van der Waals surface area (Å²) < 4.78 is 35.7. The van der Waals surface area contributed by atoms with Gasteiger partial charge in [0.1, 0.15) is 5.82 Å². The SMILES string of the molecule is Cn1c(CN2CCOCC2)nc2cc(C(C)(C)O)c(-n3c(C(F)F)cccc3=O)cc21. The largest absolute Gasteiger partial charge is 0.386 e. The number of ether oxygens (including phenoxy) is 1. The van der Waals surface area contributed by atoms with Gasteiger partial charge in [-0.05, 0) is 32.0 Å². The highest BCUT2D eigenvalue weighted by Crippen LogP contribution is 2.33. The number of halogens is 2. The fourth-order valence-electron chi connectivity index (χ4n) is 3.99. The Morgan fingerprint density at radius 3 is 2.58 bits per heavy atom. The number of hydrogen-bond acceptors (Lipinski definition) is 5. The summed E-state index contributed by atoms with van der Waals surface area (Å²) in [6, 6.07) is 7.11. The van der Waals surface area contributed by atoms with Crippen molar-refractivity contribution >= 4 is 11.0 Å². The second-order valence-corrected chi connectivity index (χ2v) is 8.32. The Labute approximate surface area is 178 Å². The smallest absolute Gasteiger partial charge is 0.278 e. The molecule has 1 aliphatic heterocycles. The number of benzene rings is 1. The number of nitrogens with zero attached hydrogens (tertiary/aromatic N) is 4. The van der Waals surface area contributed by atoms with E-state index in [0.29, 0.717) is 36.4 Å². The molecule has 0 bridgehead atoms. The molecule has 1 aliphatic rings. The van der Waals surface area contributed by atoms with Gasteiger partial charge in [-0.15, -0.1) is 0 Å². The fourth-order valence-corrected chi connectivity index (χ4v) is 3.99. The van der Waals surface area contributed by atoms with E-state index < -0.39 is 23.3 Å². The van der Waals surface area contributed by atoms with Crippen LogP contribution in [0.15, 0.2) is 35.1 Å². The molecule has 0 spiro atoms. The second kappa shape index (κ2) is 8.14. The molecule has 166 valence electrons. The van der Waals surface area contributed by atoms with Crippen LogP contribution >= 0.6 is 0 Å². The zero-order valence-electron chi connectivity index (χ0n) is 17.8. The van der Waals surface area contributed by atoms with Gasteiger partial charge < -0.3 is 14.4 Å². The van der Waals surface area contributed by atoms with E-state index in [4.69, 9.17) is 9.72 Å². The molecule has 0 atom stereocenters. The number of rotatable bonds is 5. The van der Waals surface area contributed by atoms with Crippen molar-refractivity contribution in [3.8, 4) is 5.69 Å². The number of aromatic nitrogens is 3. The van der Waals surface area contributed by atoms with E-state index in [1.165, 1.54) is 18.2 Å². The van der Waals surface area contributed by atoms with Gasteiger partial charge in [-0.25, -0.2) is 13.8 Å². The van der Waals surface area contributed by atoms with Gasteiger partial charge in [-0.1, -0.05) is 6.07 Å². The molecule has 9 heteroatoms. The van der Waals surface area contributed by atoms with Gasteiger partial charge in [-0.3, -0.25) is 14.3 Å². The summed E-state index contributed by atoms with van der Waals surface area (Å²) in [5.41, 5.74) is -0.476. The lowest BCUT2D eigenvalue weighted by Crippen LogP contribution is -2.36. The van der Waals surface area contributed by atoms with Crippen molar-refractivity contribution < 1.29 is 18.6 Å². The van der Waals surface area contributed by atoms with Crippen LogP contribution in [-0.2, 0) is 23.9 Å². The van der Waals surface area contributed by atoms with Gasteiger partial charge in [0.05, 0.1) is 47.8 Å². The summed E-state index contributed by atoms with van der Waals surface area (Å²) in [5, 5.41) is 10.8. The third-order valence-electron chi connectivity index (χ3n) is 5.67. The van der Waals surface area contributed by atoms with Crippen molar-refractivity contribution in [2.45, 2.75) is 32.4 Å². The average molecular weight is 432 g/mol. The molecule has 31 heavy (non-hydrogen) atoms. The quantitative estimate of drug-likeness (QED) is 0.671. The standard InChI is InChI=1S/C22H26F2N4O3/c1-22(2,30)14-11-15-18(26(3)19(25-15)13-27-7-9-31-10-8-27)12-17(14)28-16(21(23)24)5-4-6-20(28)29/h4-6,11-12,21,30H,7-10,13H2,1-3H3. The van der Waals surface area contributed by atoms with Crippen molar-refractivity contribution in [3.05, 3.63) is 57.8 Å². The zero-order valence-corrected chi connectivity index (χ0v) is 17.8. The third kappa shape index (κ3) is 4.13. The number of fused-ring (bicyclic) bond motifs is 1. The van der Waals surface area contributed by atoms with E-state index in [1.54, 1.807) is 26.0 Å². The molecule has 0 radical (unpaired) electrons. The normalized spacial score (nSPS) is 15.8.